The van der Waals surface area contributed by atoms with Crippen LogP contribution in [0.15, 0.2) is 61.1 Å². The number of halogens is 1. The van der Waals surface area contributed by atoms with E-state index in [1.54, 1.807) is 31.1 Å². The van der Waals surface area contributed by atoms with Crippen LogP contribution in [-0.4, -0.2) is 54.4 Å². The predicted molar refractivity (Wildman–Crippen MR) is 147 cm³/mol. The van der Waals surface area contributed by atoms with Crippen LogP contribution in [0, 0.1) is 0 Å². The van der Waals surface area contributed by atoms with E-state index in [4.69, 9.17) is 22.1 Å². The molecule has 0 radical (unpaired) electrons. The second-order valence-electron chi connectivity index (χ2n) is 10.4. The molecule has 1 atom stereocenters. The number of hydrogen-bond acceptors (Lipinski definition) is 6. The van der Waals surface area contributed by atoms with Gasteiger partial charge < -0.3 is 15.4 Å². The minimum Gasteiger partial charge on any atom is -0.486 e. The summed E-state index contributed by atoms with van der Waals surface area (Å²) in [4.78, 5) is 18.6. The number of ether oxygens (including phenoxy) is 1. The highest BCUT2D eigenvalue weighted by molar-refractivity contribution is 6.31. The molecule has 4 heterocycles. The van der Waals surface area contributed by atoms with Crippen LogP contribution in [0.3, 0.4) is 0 Å². The molecule has 1 fully saturated rings. The zero-order valence-electron chi connectivity index (χ0n) is 21.4. The van der Waals surface area contributed by atoms with Crippen molar-refractivity contribution in [3.63, 3.8) is 0 Å². The van der Waals surface area contributed by atoms with Gasteiger partial charge in [0.15, 0.2) is 0 Å². The lowest BCUT2D eigenvalue weighted by molar-refractivity contribution is -0.141. The van der Waals surface area contributed by atoms with Crippen molar-refractivity contribution in [1.29, 1.82) is 0 Å². The third kappa shape index (κ3) is 4.37. The molecular weight excluding hydrogens is 502 g/mol. The van der Waals surface area contributed by atoms with E-state index in [1.807, 2.05) is 60.3 Å². The summed E-state index contributed by atoms with van der Waals surface area (Å²) < 4.78 is 8.26. The fourth-order valence-electron chi connectivity index (χ4n) is 4.92. The zero-order valence-corrected chi connectivity index (χ0v) is 22.1. The number of rotatable bonds is 6. The third-order valence-corrected chi connectivity index (χ3v) is 7.17. The van der Waals surface area contributed by atoms with Crippen molar-refractivity contribution in [2.75, 3.05) is 13.1 Å². The van der Waals surface area contributed by atoms with Crippen molar-refractivity contribution in [2.45, 2.75) is 38.5 Å². The van der Waals surface area contributed by atoms with E-state index in [2.05, 4.69) is 20.3 Å². The monoisotopic (exact) mass is 529 g/mol. The van der Waals surface area contributed by atoms with Crippen LogP contribution >= 0.6 is 11.6 Å². The Bertz CT molecular complexity index is 1660. The van der Waals surface area contributed by atoms with E-state index >= 15 is 0 Å². The van der Waals surface area contributed by atoms with Crippen LogP contribution in [0.1, 0.15) is 38.5 Å². The molecule has 5 aromatic rings. The zero-order chi connectivity index (χ0) is 26.6. The second kappa shape index (κ2) is 9.11. The quantitative estimate of drug-likeness (QED) is 0.323. The summed E-state index contributed by atoms with van der Waals surface area (Å²) in [5.74, 6) is 0.665. The van der Waals surface area contributed by atoms with E-state index in [1.165, 1.54) is 0 Å². The molecule has 9 nitrogen and oxygen atoms in total. The lowest BCUT2D eigenvalue weighted by Gasteiger charge is -2.42. The number of aromatic nitrogens is 5. The molecular formula is C28H28ClN7O2. The Morgan fingerprint density at radius 3 is 2.82 bits per heavy atom. The summed E-state index contributed by atoms with van der Waals surface area (Å²) in [5.41, 5.74) is 9.46. The van der Waals surface area contributed by atoms with Crippen molar-refractivity contribution < 1.29 is 9.53 Å². The van der Waals surface area contributed by atoms with Gasteiger partial charge in [0.05, 0.1) is 28.8 Å². The fraction of sp³-hybridized carbons (Fsp3) is 0.286. The second-order valence-corrected chi connectivity index (χ2v) is 10.8. The Kier molecular flexibility index (Phi) is 5.85. The molecule has 0 aliphatic carbocycles. The minimum absolute atomic E-state index is 0.0526. The maximum absolute atomic E-state index is 12.4. The van der Waals surface area contributed by atoms with E-state index in [0.717, 1.165) is 44.4 Å². The molecule has 1 aliphatic heterocycles. The molecule has 1 amide bonds. The molecule has 10 heteroatoms. The summed E-state index contributed by atoms with van der Waals surface area (Å²) >= 11 is 6.36. The minimum atomic E-state index is -0.873. The van der Waals surface area contributed by atoms with Crippen molar-refractivity contribution in [2.24, 2.45) is 5.73 Å². The highest BCUT2D eigenvalue weighted by atomic mass is 35.5. The molecule has 194 valence electrons. The van der Waals surface area contributed by atoms with Crippen LogP contribution in [0.2, 0.25) is 5.02 Å². The lowest BCUT2D eigenvalue weighted by Crippen LogP contribution is -2.59. The third-order valence-electron chi connectivity index (χ3n) is 6.95. The highest BCUT2D eigenvalue weighted by Gasteiger charge is 2.37. The average Bonchev–Trinajstić information content (AvgIpc) is 3.49. The molecule has 1 unspecified atom stereocenters. The Balaban J connectivity index is 1.23. The molecule has 0 spiro atoms. The van der Waals surface area contributed by atoms with Crippen molar-refractivity contribution in [3.8, 4) is 17.0 Å². The normalized spacial score (nSPS) is 15.1. The summed E-state index contributed by atoms with van der Waals surface area (Å²) in [7, 11) is 0. The number of aromatic amines is 1. The summed E-state index contributed by atoms with van der Waals surface area (Å²) in [6.45, 7) is 6.63. The molecule has 1 saturated heterocycles. The first-order valence-electron chi connectivity index (χ1n) is 12.5. The molecule has 6 rings (SSSR count). The van der Waals surface area contributed by atoms with Crippen molar-refractivity contribution in [3.05, 3.63) is 71.6 Å². The number of likely N-dealkylation sites (tertiary alicyclic amines) is 1. The average molecular weight is 530 g/mol. The van der Waals surface area contributed by atoms with Crippen LogP contribution < -0.4 is 10.5 Å². The number of benzene rings is 2. The Hall–Kier alpha value is -3.95. The molecule has 3 N–H and O–H groups in total. The number of nitrogens with zero attached hydrogens (tertiary/aromatic N) is 5. The SMILES string of the molecule is CC(Oc1ccc2[nH]nc(-c3cnn(C4CN(C(=O)C(C)(C)N)C4)c3)c2c1)c1cc(Cl)cc2ncccc12. The number of nitrogens with one attached hydrogen (secondary N) is 1. The van der Waals surface area contributed by atoms with Crippen molar-refractivity contribution >= 4 is 39.3 Å². The van der Waals surface area contributed by atoms with Crippen LogP contribution in [0.5, 0.6) is 5.75 Å². The maximum atomic E-state index is 12.4. The summed E-state index contributed by atoms with van der Waals surface area (Å²) in [5, 5.41) is 14.8. The maximum Gasteiger partial charge on any atom is 0.242 e. The Morgan fingerprint density at radius 2 is 2.03 bits per heavy atom. The number of pyridine rings is 1. The van der Waals surface area contributed by atoms with Crippen LogP contribution in [0.25, 0.3) is 33.1 Å². The van der Waals surface area contributed by atoms with Gasteiger partial charge in [-0.1, -0.05) is 17.7 Å². The van der Waals surface area contributed by atoms with E-state index < -0.39 is 5.54 Å². The van der Waals surface area contributed by atoms with Crippen LogP contribution in [0.4, 0.5) is 0 Å². The number of amides is 1. The highest BCUT2D eigenvalue weighted by Crippen LogP contribution is 2.34. The standard InChI is InChI=1S/C28H28ClN7O2/c1-16(22-9-18(29)10-25-21(22)5-4-8-31-25)38-20-6-7-24-23(11-20)26(34-33-24)17-12-32-36(13-17)19-14-35(15-19)27(37)28(2,3)30/h4-13,16,19H,14-15,30H2,1-3H3,(H,33,34). The first kappa shape index (κ1) is 24.4. The topological polar surface area (TPSA) is 115 Å². The molecule has 3 aromatic heterocycles. The predicted octanol–water partition coefficient (Wildman–Crippen LogP) is 4.89. The van der Waals surface area contributed by atoms with Gasteiger partial charge >= 0.3 is 0 Å². The van der Waals surface area contributed by atoms with E-state index in [0.29, 0.717) is 18.1 Å². The summed E-state index contributed by atoms with van der Waals surface area (Å²) in [6, 6.07) is 13.7. The number of nitrogens with two attached hydrogens (primary N) is 1. The van der Waals surface area contributed by atoms with Crippen molar-refractivity contribution in [1.82, 2.24) is 29.9 Å². The van der Waals surface area contributed by atoms with Gasteiger partial charge in [0, 0.05) is 52.4 Å². The van der Waals surface area contributed by atoms with E-state index in [9.17, 15) is 4.79 Å². The fourth-order valence-corrected chi connectivity index (χ4v) is 5.14. The van der Waals surface area contributed by atoms with Gasteiger partial charge in [0.2, 0.25) is 5.91 Å². The Labute approximate surface area is 224 Å². The van der Waals surface area contributed by atoms with Gasteiger partial charge in [-0.05, 0) is 57.2 Å². The molecule has 0 saturated carbocycles. The van der Waals surface area contributed by atoms with Gasteiger partial charge in [-0.2, -0.15) is 10.2 Å². The molecule has 38 heavy (non-hydrogen) atoms. The molecule has 0 bridgehead atoms. The van der Waals surface area contributed by atoms with Gasteiger partial charge in [0.25, 0.3) is 0 Å². The molecule has 2 aromatic carbocycles. The lowest BCUT2D eigenvalue weighted by atomic mass is 10.0. The summed E-state index contributed by atoms with van der Waals surface area (Å²) in [6.07, 6.45) is 5.27. The van der Waals surface area contributed by atoms with E-state index in [-0.39, 0.29) is 18.1 Å². The van der Waals surface area contributed by atoms with Gasteiger partial charge in [-0.3, -0.25) is 19.6 Å². The van der Waals surface area contributed by atoms with Crippen LogP contribution in [-0.2, 0) is 4.79 Å². The number of hydrogen-bond donors (Lipinski definition) is 2. The van der Waals surface area contributed by atoms with Gasteiger partial charge in [0.1, 0.15) is 17.5 Å². The van der Waals surface area contributed by atoms with Gasteiger partial charge in [-0.25, -0.2) is 0 Å². The smallest absolute Gasteiger partial charge is 0.242 e. The first-order valence-corrected chi connectivity index (χ1v) is 12.9. The largest absolute Gasteiger partial charge is 0.486 e. The number of carbonyl (C=O) groups is 1. The van der Waals surface area contributed by atoms with Gasteiger partial charge in [-0.15, -0.1) is 0 Å². The number of H-pyrrole nitrogens is 1. The first-order chi connectivity index (χ1) is 18.2. The number of carbonyl (C=O) groups excluding carboxylic acids is 1. The Morgan fingerprint density at radius 1 is 1.21 bits per heavy atom. The molecule has 1 aliphatic rings. The number of fused-ring (bicyclic) bond motifs is 2.